The summed E-state index contributed by atoms with van der Waals surface area (Å²) in [6.45, 7) is 0. The van der Waals surface area contributed by atoms with Gasteiger partial charge >= 0.3 is 6.18 Å². The zero-order valence-corrected chi connectivity index (χ0v) is 14.0. The first-order chi connectivity index (χ1) is 11.9. The lowest BCUT2D eigenvalue weighted by molar-refractivity contribution is -0.137. The van der Waals surface area contributed by atoms with Gasteiger partial charge in [0.15, 0.2) is 5.82 Å². The Labute approximate surface area is 150 Å². The molecular weight excluding hydrogens is 373 g/mol. The Balaban J connectivity index is 2.05. The van der Waals surface area contributed by atoms with Crippen molar-refractivity contribution < 1.29 is 13.2 Å². The number of nitrogens with one attached hydrogen (secondary N) is 1. The molecule has 0 amide bonds. The summed E-state index contributed by atoms with van der Waals surface area (Å²) >= 11 is 11.1. The van der Waals surface area contributed by atoms with Crippen LogP contribution in [0.5, 0.6) is 0 Å². The molecule has 128 valence electrons. The highest BCUT2D eigenvalue weighted by atomic mass is 35.5. The van der Waals surface area contributed by atoms with Crippen LogP contribution in [-0.4, -0.2) is 21.1 Å². The van der Waals surface area contributed by atoms with Crippen LogP contribution < -0.4 is 0 Å². The Morgan fingerprint density at radius 2 is 1.92 bits per heavy atom. The standard InChI is InChI=1S/C16H10ClF3N4S/c17-12-6-3-5-10(8-12)14-22-23-15(25)24(14)21-9-11-4-1-2-7-13(11)16(18,19)20/h1-9H,(H,23,25)/b21-9-. The van der Waals surface area contributed by atoms with Gasteiger partial charge in [0.25, 0.3) is 0 Å². The van der Waals surface area contributed by atoms with E-state index in [4.69, 9.17) is 23.8 Å². The van der Waals surface area contributed by atoms with E-state index < -0.39 is 11.7 Å². The fourth-order valence-corrected chi connectivity index (χ4v) is 2.57. The summed E-state index contributed by atoms with van der Waals surface area (Å²) in [7, 11) is 0. The molecule has 1 heterocycles. The van der Waals surface area contributed by atoms with Gasteiger partial charge in [0.2, 0.25) is 4.77 Å². The third-order valence-corrected chi connectivity index (χ3v) is 3.81. The van der Waals surface area contributed by atoms with Gasteiger partial charge in [0.1, 0.15) is 0 Å². The van der Waals surface area contributed by atoms with Crippen molar-refractivity contribution in [3.63, 3.8) is 0 Å². The van der Waals surface area contributed by atoms with E-state index in [9.17, 15) is 13.2 Å². The van der Waals surface area contributed by atoms with Crippen molar-refractivity contribution in [2.75, 3.05) is 0 Å². The molecule has 3 rings (SSSR count). The summed E-state index contributed by atoms with van der Waals surface area (Å²) in [5.41, 5.74) is -0.227. The molecule has 0 unspecified atom stereocenters. The van der Waals surface area contributed by atoms with Gasteiger partial charge in [-0.05, 0) is 30.4 Å². The normalized spacial score (nSPS) is 12.0. The maximum absolute atomic E-state index is 13.1. The lowest BCUT2D eigenvalue weighted by atomic mass is 10.1. The van der Waals surface area contributed by atoms with Gasteiger partial charge in [0, 0.05) is 16.1 Å². The summed E-state index contributed by atoms with van der Waals surface area (Å²) in [4.78, 5) is 0. The van der Waals surface area contributed by atoms with Crippen LogP contribution in [0, 0.1) is 4.77 Å². The molecule has 25 heavy (non-hydrogen) atoms. The van der Waals surface area contributed by atoms with Gasteiger partial charge in [-0.25, -0.2) is 5.10 Å². The highest BCUT2D eigenvalue weighted by Gasteiger charge is 2.32. The lowest BCUT2D eigenvalue weighted by Crippen LogP contribution is -2.09. The Bertz CT molecular complexity index is 991. The van der Waals surface area contributed by atoms with Gasteiger partial charge in [-0.2, -0.15) is 28.0 Å². The Kier molecular flexibility index (Phi) is 4.73. The summed E-state index contributed by atoms with van der Waals surface area (Å²) in [5, 5.41) is 11.2. The Morgan fingerprint density at radius 1 is 1.16 bits per heavy atom. The van der Waals surface area contributed by atoms with E-state index in [0.29, 0.717) is 16.4 Å². The molecule has 0 saturated carbocycles. The van der Waals surface area contributed by atoms with Crippen LogP contribution in [0.1, 0.15) is 11.1 Å². The van der Waals surface area contributed by atoms with Crippen LogP contribution in [0.4, 0.5) is 13.2 Å². The smallest absolute Gasteiger partial charge is 0.250 e. The average Bonchev–Trinajstić information content (AvgIpc) is 2.93. The van der Waals surface area contributed by atoms with Crippen molar-refractivity contribution >= 4 is 30.0 Å². The van der Waals surface area contributed by atoms with Crippen molar-refractivity contribution in [3.8, 4) is 11.4 Å². The molecule has 0 spiro atoms. The molecule has 1 N–H and O–H groups in total. The minimum absolute atomic E-state index is 0.0739. The van der Waals surface area contributed by atoms with Crippen molar-refractivity contribution in [2.24, 2.45) is 5.10 Å². The third-order valence-electron chi connectivity index (χ3n) is 3.31. The second kappa shape index (κ2) is 6.81. The van der Waals surface area contributed by atoms with E-state index in [1.165, 1.54) is 22.9 Å². The molecule has 0 aliphatic heterocycles. The minimum atomic E-state index is -4.48. The van der Waals surface area contributed by atoms with E-state index >= 15 is 0 Å². The van der Waals surface area contributed by atoms with Crippen molar-refractivity contribution in [1.82, 2.24) is 14.9 Å². The number of hydrogen-bond acceptors (Lipinski definition) is 3. The fraction of sp³-hybridized carbons (Fsp3) is 0.0625. The molecule has 1 aromatic heterocycles. The maximum atomic E-state index is 13.1. The van der Waals surface area contributed by atoms with E-state index in [0.717, 1.165) is 12.3 Å². The number of aromatic nitrogens is 3. The predicted molar refractivity (Wildman–Crippen MR) is 92.3 cm³/mol. The zero-order valence-electron chi connectivity index (χ0n) is 12.5. The zero-order chi connectivity index (χ0) is 18.0. The number of rotatable bonds is 3. The van der Waals surface area contributed by atoms with Crippen molar-refractivity contribution in [1.29, 1.82) is 0 Å². The summed E-state index contributed by atoms with van der Waals surface area (Å²) in [6, 6.07) is 12.0. The highest BCUT2D eigenvalue weighted by Crippen LogP contribution is 2.31. The van der Waals surface area contributed by atoms with Crippen LogP contribution in [0.25, 0.3) is 11.4 Å². The third kappa shape index (κ3) is 3.80. The number of H-pyrrole nitrogens is 1. The quantitative estimate of drug-likeness (QED) is 0.502. The van der Waals surface area contributed by atoms with Gasteiger partial charge < -0.3 is 0 Å². The second-order valence-electron chi connectivity index (χ2n) is 5.00. The molecule has 2 aromatic carbocycles. The fourth-order valence-electron chi connectivity index (χ4n) is 2.20. The molecule has 0 saturated heterocycles. The second-order valence-corrected chi connectivity index (χ2v) is 5.83. The monoisotopic (exact) mass is 382 g/mol. The number of benzene rings is 2. The summed E-state index contributed by atoms with van der Waals surface area (Å²) in [5.74, 6) is 0.341. The van der Waals surface area contributed by atoms with Crippen LogP contribution in [0.15, 0.2) is 53.6 Å². The molecule has 0 aliphatic carbocycles. The first-order valence-electron chi connectivity index (χ1n) is 7.00. The van der Waals surface area contributed by atoms with Crippen molar-refractivity contribution in [3.05, 3.63) is 69.5 Å². The maximum Gasteiger partial charge on any atom is 0.417 e. The molecule has 4 nitrogen and oxygen atoms in total. The largest absolute Gasteiger partial charge is 0.417 e. The van der Waals surface area contributed by atoms with Crippen molar-refractivity contribution in [2.45, 2.75) is 6.18 Å². The molecule has 9 heteroatoms. The van der Waals surface area contributed by atoms with Gasteiger partial charge in [-0.3, -0.25) is 0 Å². The number of hydrogen-bond donors (Lipinski definition) is 1. The summed E-state index contributed by atoms with van der Waals surface area (Å²) in [6.07, 6.45) is -3.38. The van der Waals surface area contributed by atoms with E-state index in [2.05, 4.69) is 15.3 Å². The van der Waals surface area contributed by atoms with Gasteiger partial charge in [-0.15, -0.1) is 0 Å². The molecule has 0 bridgehead atoms. The van der Waals surface area contributed by atoms with Gasteiger partial charge in [-0.1, -0.05) is 41.9 Å². The number of halogens is 4. The molecule has 0 atom stereocenters. The van der Waals surface area contributed by atoms with Crippen LogP contribution in [-0.2, 0) is 6.18 Å². The SMILES string of the molecule is FC(F)(F)c1ccccc1/C=N\n1c(-c2cccc(Cl)c2)n[nH]c1=S. The summed E-state index contributed by atoms with van der Waals surface area (Å²) < 4.78 is 40.6. The minimum Gasteiger partial charge on any atom is -0.250 e. The lowest BCUT2D eigenvalue weighted by Gasteiger charge is -2.09. The first kappa shape index (κ1) is 17.4. The number of alkyl halides is 3. The highest BCUT2D eigenvalue weighted by molar-refractivity contribution is 7.71. The average molecular weight is 383 g/mol. The molecule has 0 radical (unpaired) electrons. The van der Waals surface area contributed by atoms with Crippen LogP contribution >= 0.6 is 23.8 Å². The van der Waals surface area contributed by atoms with Gasteiger partial charge in [0.05, 0.1) is 11.8 Å². The van der Waals surface area contributed by atoms with E-state index in [1.54, 1.807) is 24.3 Å². The topological polar surface area (TPSA) is 46.0 Å². The first-order valence-corrected chi connectivity index (χ1v) is 7.79. The van der Waals surface area contributed by atoms with E-state index in [-0.39, 0.29) is 10.3 Å². The number of nitrogens with zero attached hydrogens (tertiary/aromatic N) is 3. The molecule has 3 aromatic rings. The predicted octanol–water partition coefficient (Wildman–Crippen LogP) is 5.16. The molecular formula is C16H10ClF3N4S. The van der Waals surface area contributed by atoms with Crippen LogP contribution in [0.3, 0.4) is 0 Å². The van der Waals surface area contributed by atoms with Crippen LogP contribution in [0.2, 0.25) is 5.02 Å². The molecule has 0 fully saturated rings. The number of aromatic amines is 1. The van der Waals surface area contributed by atoms with E-state index in [1.807, 2.05) is 0 Å². The Hall–Kier alpha value is -2.45. The molecule has 0 aliphatic rings. The Morgan fingerprint density at radius 3 is 2.64 bits per heavy atom.